The zero-order valence-corrected chi connectivity index (χ0v) is 7.82. The fraction of sp³-hybridized carbons (Fsp3) is 0.455. The third-order valence-electron chi connectivity index (χ3n) is 2.21. The van der Waals surface area contributed by atoms with Crippen LogP contribution >= 0.6 is 0 Å². The maximum absolute atomic E-state index is 5.58. The lowest BCUT2D eigenvalue weighted by atomic mass is 10.1. The van der Waals surface area contributed by atoms with E-state index >= 15 is 0 Å². The topological polar surface area (TPSA) is 18.5 Å². The number of benzene rings is 1. The van der Waals surface area contributed by atoms with Crippen LogP contribution in [-0.2, 0) is 4.74 Å². The van der Waals surface area contributed by atoms with Crippen LogP contribution in [0.5, 0.6) is 5.75 Å². The molecule has 1 fully saturated rings. The highest BCUT2D eigenvalue weighted by molar-refractivity contribution is 5.26. The first-order valence-electron chi connectivity index (χ1n) is 4.62. The third-order valence-corrected chi connectivity index (χ3v) is 2.21. The third kappa shape index (κ3) is 2.22. The predicted octanol–water partition coefficient (Wildman–Crippen LogP) is 2.02. The van der Waals surface area contributed by atoms with Crippen molar-refractivity contribution in [2.45, 2.75) is 6.92 Å². The second-order valence-electron chi connectivity index (χ2n) is 3.53. The summed E-state index contributed by atoms with van der Waals surface area (Å²) in [7, 11) is 0. The number of hydrogen-bond donors (Lipinski definition) is 0. The van der Waals surface area contributed by atoms with E-state index in [1.165, 1.54) is 5.56 Å². The van der Waals surface area contributed by atoms with Gasteiger partial charge >= 0.3 is 0 Å². The van der Waals surface area contributed by atoms with E-state index in [0.717, 1.165) is 25.6 Å². The lowest BCUT2D eigenvalue weighted by Gasteiger charge is -2.25. The van der Waals surface area contributed by atoms with Crippen LogP contribution in [0.2, 0.25) is 0 Å². The first kappa shape index (κ1) is 8.57. The minimum atomic E-state index is 0.598. The van der Waals surface area contributed by atoms with Crippen LogP contribution in [0.15, 0.2) is 24.3 Å². The molecule has 13 heavy (non-hydrogen) atoms. The Balaban J connectivity index is 1.83. The molecule has 0 unspecified atom stereocenters. The average Bonchev–Trinajstić information content (AvgIpc) is 2.05. The number of aryl methyl sites for hydroxylation is 1. The van der Waals surface area contributed by atoms with Crippen LogP contribution in [0, 0.1) is 12.8 Å². The lowest BCUT2D eigenvalue weighted by Crippen LogP contribution is -2.32. The Kier molecular flexibility index (Phi) is 2.50. The fourth-order valence-corrected chi connectivity index (χ4v) is 1.23. The molecule has 2 nitrogen and oxygen atoms in total. The Hall–Kier alpha value is -1.02. The molecule has 1 aromatic carbocycles. The van der Waals surface area contributed by atoms with Crippen molar-refractivity contribution >= 4 is 0 Å². The first-order valence-corrected chi connectivity index (χ1v) is 4.62. The molecule has 0 atom stereocenters. The van der Waals surface area contributed by atoms with Crippen LogP contribution in [-0.4, -0.2) is 19.8 Å². The fourth-order valence-electron chi connectivity index (χ4n) is 1.23. The van der Waals surface area contributed by atoms with Crippen LogP contribution in [0.1, 0.15) is 5.56 Å². The largest absolute Gasteiger partial charge is 0.493 e. The van der Waals surface area contributed by atoms with E-state index in [1.807, 2.05) is 12.1 Å². The SMILES string of the molecule is Cc1ccc(OCC2COC2)cc1. The maximum atomic E-state index is 5.58. The van der Waals surface area contributed by atoms with E-state index in [0.29, 0.717) is 5.92 Å². The summed E-state index contributed by atoms with van der Waals surface area (Å²) in [5.74, 6) is 1.55. The molecule has 0 radical (unpaired) electrons. The maximum Gasteiger partial charge on any atom is 0.119 e. The molecule has 0 spiro atoms. The van der Waals surface area contributed by atoms with Gasteiger partial charge in [0.25, 0.3) is 0 Å². The zero-order chi connectivity index (χ0) is 9.10. The Labute approximate surface area is 78.5 Å². The van der Waals surface area contributed by atoms with Crippen molar-refractivity contribution in [1.82, 2.24) is 0 Å². The van der Waals surface area contributed by atoms with Crippen molar-refractivity contribution in [3.8, 4) is 5.75 Å². The molecule has 0 aliphatic carbocycles. The number of rotatable bonds is 3. The van der Waals surface area contributed by atoms with Crippen LogP contribution in [0.25, 0.3) is 0 Å². The van der Waals surface area contributed by atoms with Crippen LogP contribution in [0.3, 0.4) is 0 Å². The highest BCUT2D eigenvalue weighted by atomic mass is 16.5. The van der Waals surface area contributed by atoms with Gasteiger partial charge in [-0.05, 0) is 19.1 Å². The van der Waals surface area contributed by atoms with Crippen molar-refractivity contribution in [1.29, 1.82) is 0 Å². The summed E-state index contributed by atoms with van der Waals surface area (Å²) in [5.41, 5.74) is 1.26. The van der Waals surface area contributed by atoms with E-state index < -0.39 is 0 Å². The monoisotopic (exact) mass is 178 g/mol. The summed E-state index contributed by atoms with van der Waals surface area (Å²) in [5, 5.41) is 0. The summed E-state index contributed by atoms with van der Waals surface area (Å²) < 4.78 is 10.6. The predicted molar refractivity (Wildman–Crippen MR) is 51.0 cm³/mol. The van der Waals surface area contributed by atoms with Crippen LogP contribution in [0.4, 0.5) is 0 Å². The van der Waals surface area contributed by atoms with Gasteiger partial charge in [0.1, 0.15) is 5.75 Å². The minimum absolute atomic E-state index is 0.598. The molecule has 1 saturated heterocycles. The average molecular weight is 178 g/mol. The molecule has 0 N–H and O–H groups in total. The standard InChI is InChI=1S/C11H14O2/c1-9-2-4-11(5-3-9)13-8-10-6-12-7-10/h2-5,10H,6-8H2,1H3. The Morgan fingerprint density at radius 2 is 2.00 bits per heavy atom. The summed E-state index contributed by atoms with van der Waals surface area (Å²) in [6.45, 7) is 4.56. The van der Waals surface area contributed by atoms with Crippen LogP contribution < -0.4 is 4.74 Å². The molecule has 1 aromatic rings. The summed E-state index contributed by atoms with van der Waals surface area (Å²) in [6, 6.07) is 8.14. The van der Waals surface area contributed by atoms with Gasteiger partial charge in [0.05, 0.1) is 19.8 Å². The molecule has 1 aliphatic heterocycles. The summed E-state index contributed by atoms with van der Waals surface area (Å²) in [4.78, 5) is 0. The molecular weight excluding hydrogens is 164 g/mol. The molecule has 0 saturated carbocycles. The molecular formula is C11H14O2. The van der Waals surface area contributed by atoms with Gasteiger partial charge in [-0.15, -0.1) is 0 Å². The van der Waals surface area contributed by atoms with Crippen molar-refractivity contribution in [2.24, 2.45) is 5.92 Å². The minimum Gasteiger partial charge on any atom is -0.493 e. The number of ether oxygens (including phenoxy) is 2. The van der Waals surface area contributed by atoms with Gasteiger partial charge in [-0.1, -0.05) is 17.7 Å². The molecule has 1 heterocycles. The van der Waals surface area contributed by atoms with E-state index in [4.69, 9.17) is 9.47 Å². The van der Waals surface area contributed by atoms with Gasteiger partial charge in [-0.25, -0.2) is 0 Å². The molecule has 2 heteroatoms. The molecule has 0 amide bonds. The van der Waals surface area contributed by atoms with Gasteiger partial charge in [-0.3, -0.25) is 0 Å². The second-order valence-corrected chi connectivity index (χ2v) is 3.53. The van der Waals surface area contributed by atoms with Gasteiger partial charge in [-0.2, -0.15) is 0 Å². The highest BCUT2D eigenvalue weighted by Crippen LogP contribution is 2.15. The normalized spacial score (nSPS) is 16.7. The van der Waals surface area contributed by atoms with E-state index in [9.17, 15) is 0 Å². The highest BCUT2D eigenvalue weighted by Gasteiger charge is 2.18. The Bertz CT molecular complexity index is 262. The quantitative estimate of drug-likeness (QED) is 0.705. The Morgan fingerprint density at radius 3 is 2.54 bits per heavy atom. The smallest absolute Gasteiger partial charge is 0.119 e. The van der Waals surface area contributed by atoms with Gasteiger partial charge in [0.2, 0.25) is 0 Å². The molecule has 0 bridgehead atoms. The molecule has 1 aliphatic rings. The second kappa shape index (κ2) is 3.79. The van der Waals surface area contributed by atoms with Gasteiger partial charge < -0.3 is 9.47 Å². The van der Waals surface area contributed by atoms with Gasteiger partial charge in [0.15, 0.2) is 0 Å². The summed E-state index contributed by atoms with van der Waals surface area (Å²) in [6.07, 6.45) is 0. The van der Waals surface area contributed by atoms with Crippen molar-refractivity contribution < 1.29 is 9.47 Å². The van der Waals surface area contributed by atoms with Crippen molar-refractivity contribution in [3.63, 3.8) is 0 Å². The molecule has 2 rings (SSSR count). The van der Waals surface area contributed by atoms with Gasteiger partial charge in [0, 0.05) is 5.92 Å². The molecule has 70 valence electrons. The zero-order valence-electron chi connectivity index (χ0n) is 7.82. The van der Waals surface area contributed by atoms with Crippen molar-refractivity contribution in [2.75, 3.05) is 19.8 Å². The van der Waals surface area contributed by atoms with E-state index in [-0.39, 0.29) is 0 Å². The summed E-state index contributed by atoms with van der Waals surface area (Å²) >= 11 is 0. The lowest BCUT2D eigenvalue weighted by molar-refractivity contribution is -0.0508. The Morgan fingerprint density at radius 1 is 1.31 bits per heavy atom. The molecule has 0 aromatic heterocycles. The van der Waals surface area contributed by atoms with E-state index in [2.05, 4.69) is 19.1 Å². The van der Waals surface area contributed by atoms with Crippen molar-refractivity contribution in [3.05, 3.63) is 29.8 Å². The first-order chi connectivity index (χ1) is 6.34. The number of hydrogen-bond acceptors (Lipinski definition) is 2. The van der Waals surface area contributed by atoms with E-state index in [1.54, 1.807) is 0 Å².